The summed E-state index contributed by atoms with van der Waals surface area (Å²) >= 11 is 17.2. The predicted molar refractivity (Wildman–Crippen MR) is 97.8 cm³/mol. The van der Waals surface area contributed by atoms with Crippen LogP contribution in [0.25, 0.3) is 0 Å². The number of para-hydroxylation sites is 2. The van der Waals surface area contributed by atoms with Crippen molar-refractivity contribution in [2.75, 3.05) is 11.9 Å². The van der Waals surface area contributed by atoms with Gasteiger partial charge < -0.3 is 10.1 Å². The maximum Gasteiger partial charge on any atom is 0.261 e. The highest BCUT2D eigenvalue weighted by Gasteiger charge is 2.14. The van der Waals surface area contributed by atoms with E-state index in [1.807, 2.05) is 6.92 Å². The van der Waals surface area contributed by atoms with Crippen LogP contribution in [0.1, 0.15) is 17.3 Å². The number of rotatable bonds is 4. The molecule has 0 aliphatic rings. The maximum atomic E-state index is 12.3. The average Bonchev–Trinajstić information content (AvgIpc) is 2.52. The Hall–Kier alpha value is -1.82. The van der Waals surface area contributed by atoms with Crippen molar-refractivity contribution in [2.24, 2.45) is 0 Å². The van der Waals surface area contributed by atoms with E-state index in [2.05, 4.69) is 10.6 Å². The van der Waals surface area contributed by atoms with Gasteiger partial charge in [0, 0.05) is 0 Å². The molecule has 0 bridgehead atoms. The predicted octanol–water partition coefficient (Wildman–Crippen LogP) is 4.52. The number of thiocarbonyl (C=S) groups is 1. The zero-order valence-corrected chi connectivity index (χ0v) is 14.6. The van der Waals surface area contributed by atoms with Gasteiger partial charge in [-0.15, -0.1) is 0 Å². The number of halogens is 2. The van der Waals surface area contributed by atoms with Gasteiger partial charge in [-0.2, -0.15) is 0 Å². The van der Waals surface area contributed by atoms with Crippen molar-refractivity contribution in [1.29, 1.82) is 0 Å². The van der Waals surface area contributed by atoms with Gasteiger partial charge in [-0.1, -0.05) is 41.4 Å². The molecule has 2 aromatic carbocycles. The average molecular weight is 369 g/mol. The van der Waals surface area contributed by atoms with E-state index >= 15 is 0 Å². The van der Waals surface area contributed by atoms with Crippen molar-refractivity contribution in [2.45, 2.75) is 6.92 Å². The third-order valence-electron chi connectivity index (χ3n) is 2.86. The first kappa shape index (κ1) is 17.5. The van der Waals surface area contributed by atoms with E-state index in [-0.39, 0.29) is 11.0 Å². The molecule has 0 heterocycles. The number of carbonyl (C=O) groups is 1. The summed E-state index contributed by atoms with van der Waals surface area (Å²) in [6, 6.07) is 12.0. The molecule has 0 radical (unpaired) electrons. The van der Waals surface area contributed by atoms with Crippen LogP contribution in [0.2, 0.25) is 10.0 Å². The molecule has 120 valence electrons. The molecular formula is C16H14Cl2N2O2S. The first-order valence-electron chi connectivity index (χ1n) is 6.81. The fraction of sp³-hybridized carbons (Fsp3) is 0.125. The lowest BCUT2D eigenvalue weighted by molar-refractivity contribution is 0.0974. The minimum absolute atomic E-state index is 0.0938. The lowest BCUT2D eigenvalue weighted by Crippen LogP contribution is -2.34. The van der Waals surface area contributed by atoms with E-state index in [4.69, 9.17) is 40.2 Å². The molecule has 0 aliphatic carbocycles. The van der Waals surface area contributed by atoms with E-state index < -0.39 is 0 Å². The minimum atomic E-state index is -0.380. The van der Waals surface area contributed by atoms with Crippen molar-refractivity contribution >= 4 is 52.1 Å². The van der Waals surface area contributed by atoms with Crippen LogP contribution in [-0.2, 0) is 0 Å². The first-order chi connectivity index (χ1) is 11.0. The van der Waals surface area contributed by atoms with E-state index in [9.17, 15) is 4.79 Å². The summed E-state index contributed by atoms with van der Waals surface area (Å²) in [6.45, 7) is 2.31. The van der Waals surface area contributed by atoms with Crippen LogP contribution in [0.4, 0.5) is 5.69 Å². The van der Waals surface area contributed by atoms with E-state index in [1.54, 1.807) is 42.5 Å². The monoisotopic (exact) mass is 368 g/mol. The van der Waals surface area contributed by atoms with Crippen molar-refractivity contribution in [1.82, 2.24) is 5.32 Å². The van der Waals surface area contributed by atoms with Crippen LogP contribution >= 0.6 is 35.4 Å². The van der Waals surface area contributed by atoms with Crippen molar-refractivity contribution < 1.29 is 9.53 Å². The van der Waals surface area contributed by atoms with Gasteiger partial charge in [-0.25, -0.2) is 0 Å². The molecule has 2 aromatic rings. The van der Waals surface area contributed by atoms with Gasteiger partial charge in [-0.3, -0.25) is 10.1 Å². The normalized spacial score (nSPS) is 10.0. The molecule has 7 heteroatoms. The van der Waals surface area contributed by atoms with Crippen LogP contribution in [-0.4, -0.2) is 17.6 Å². The van der Waals surface area contributed by atoms with Crippen LogP contribution in [0.3, 0.4) is 0 Å². The summed E-state index contributed by atoms with van der Waals surface area (Å²) in [5, 5.41) is 6.31. The smallest absolute Gasteiger partial charge is 0.261 e. The molecule has 0 unspecified atom stereocenters. The van der Waals surface area contributed by atoms with Crippen LogP contribution in [0.5, 0.6) is 5.75 Å². The fourth-order valence-corrected chi connectivity index (χ4v) is 2.55. The maximum absolute atomic E-state index is 12.3. The molecule has 0 atom stereocenters. The number of hydrogen-bond donors (Lipinski definition) is 2. The van der Waals surface area contributed by atoms with Gasteiger partial charge in [0.1, 0.15) is 5.75 Å². The Kier molecular flexibility index (Phi) is 6.21. The van der Waals surface area contributed by atoms with Gasteiger partial charge in [0.25, 0.3) is 5.91 Å². The van der Waals surface area contributed by atoms with Crippen molar-refractivity contribution in [3.05, 3.63) is 58.1 Å². The second-order valence-corrected chi connectivity index (χ2v) is 5.66. The molecule has 0 spiro atoms. The largest absolute Gasteiger partial charge is 0.493 e. The lowest BCUT2D eigenvalue weighted by atomic mass is 10.2. The Morgan fingerprint density at radius 2 is 1.78 bits per heavy atom. The molecule has 0 aliphatic heterocycles. The molecule has 0 saturated heterocycles. The summed E-state index contributed by atoms with van der Waals surface area (Å²) in [5.41, 5.74) is 0.836. The zero-order valence-electron chi connectivity index (χ0n) is 12.2. The molecule has 2 rings (SSSR count). The van der Waals surface area contributed by atoms with Crippen LogP contribution in [0, 0.1) is 0 Å². The molecule has 0 aromatic heterocycles. The van der Waals surface area contributed by atoms with Crippen LogP contribution < -0.4 is 15.4 Å². The van der Waals surface area contributed by atoms with Gasteiger partial charge in [0.2, 0.25) is 0 Å². The Bertz CT molecular complexity index is 718. The molecule has 2 N–H and O–H groups in total. The van der Waals surface area contributed by atoms with Gasteiger partial charge in [0.15, 0.2) is 5.11 Å². The number of carbonyl (C=O) groups excluding carboxylic acids is 1. The summed E-state index contributed by atoms with van der Waals surface area (Å²) in [7, 11) is 0. The standard InChI is InChI=1S/C16H14Cl2N2O2S/c1-2-22-13-9-4-3-6-10(13)15(21)20-16(23)19-14-11(17)7-5-8-12(14)18/h3-9H,2H2,1H3,(H2,19,20,21,23). The van der Waals surface area contributed by atoms with Crippen molar-refractivity contribution in [3.8, 4) is 5.75 Å². The summed E-state index contributed by atoms with van der Waals surface area (Å²) in [6.07, 6.45) is 0. The Labute approximate surface area is 149 Å². The fourth-order valence-electron chi connectivity index (χ4n) is 1.87. The zero-order chi connectivity index (χ0) is 16.8. The lowest BCUT2D eigenvalue weighted by Gasteiger charge is -2.13. The minimum Gasteiger partial charge on any atom is -0.493 e. The Morgan fingerprint density at radius 1 is 1.13 bits per heavy atom. The van der Waals surface area contributed by atoms with E-state index in [1.165, 1.54) is 0 Å². The Morgan fingerprint density at radius 3 is 2.43 bits per heavy atom. The number of ether oxygens (including phenoxy) is 1. The summed E-state index contributed by atoms with van der Waals surface area (Å²) in [5.74, 6) is 0.112. The highest BCUT2D eigenvalue weighted by molar-refractivity contribution is 7.80. The topological polar surface area (TPSA) is 50.4 Å². The third kappa shape index (κ3) is 4.58. The SMILES string of the molecule is CCOc1ccccc1C(=O)NC(=S)Nc1c(Cl)cccc1Cl. The number of benzene rings is 2. The van der Waals surface area contributed by atoms with Crippen molar-refractivity contribution in [3.63, 3.8) is 0 Å². The first-order valence-corrected chi connectivity index (χ1v) is 7.97. The van der Waals surface area contributed by atoms with Gasteiger partial charge >= 0.3 is 0 Å². The van der Waals surface area contributed by atoms with Gasteiger partial charge in [0.05, 0.1) is 27.9 Å². The summed E-state index contributed by atoms with van der Waals surface area (Å²) < 4.78 is 5.43. The number of amides is 1. The third-order valence-corrected chi connectivity index (χ3v) is 3.69. The number of nitrogens with one attached hydrogen (secondary N) is 2. The van der Waals surface area contributed by atoms with E-state index in [0.29, 0.717) is 33.7 Å². The highest BCUT2D eigenvalue weighted by Crippen LogP contribution is 2.29. The second kappa shape index (κ2) is 8.15. The molecule has 4 nitrogen and oxygen atoms in total. The molecule has 1 amide bonds. The second-order valence-electron chi connectivity index (χ2n) is 4.43. The highest BCUT2D eigenvalue weighted by atomic mass is 35.5. The number of anilines is 1. The number of hydrogen-bond acceptors (Lipinski definition) is 3. The van der Waals surface area contributed by atoms with E-state index in [0.717, 1.165) is 0 Å². The Balaban J connectivity index is 2.10. The van der Waals surface area contributed by atoms with Crippen LogP contribution in [0.15, 0.2) is 42.5 Å². The molecule has 23 heavy (non-hydrogen) atoms. The molecule has 0 saturated carbocycles. The quantitative estimate of drug-likeness (QED) is 0.779. The van der Waals surface area contributed by atoms with Gasteiger partial charge in [-0.05, 0) is 43.4 Å². The molecular weight excluding hydrogens is 355 g/mol. The molecule has 0 fully saturated rings. The summed E-state index contributed by atoms with van der Waals surface area (Å²) in [4.78, 5) is 12.3.